The molecule has 1 fully saturated rings. The molecule has 0 aromatic rings. The summed E-state index contributed by atoms with van der Waals surface area (Å²) in [5.41, 5.74) is -0.491. The Morgan fingerprint density at radius 2 is 2.24 bits per heavy atom. The van der Waals surface area contributed by atoms with Crippen molar-refractivity contribution < 1.29 is 14.3 Å². The van der Waals surface area contributed by atoms with Crippen LogP contribution in [0, 0.1) is 5.92 Å². The Kier molecular flexibility index (Phi) is 5.40. The normalized spacial score (nSPS) is 28.6. The SMILES string of the molecule is CNC1(C(=O)OC)CCCC1CCOC(C)C. The van der Waals surface area contributed by atoms with Crippen LogP contribution in [0.3, 0.4) is 0 Å². The van der Waals surface area contributed by atoms with E-state index in [0.717, 1.165) is 25.7 Å². The molecule has 0 spiro atoms. The fourth-order valence-corrected chi connectivity index (χ4v) is 2.80. The summed E-state index contributed by atoms with van der Waals surface area (Å²) in [5.74, 6) is 0.186. The summed E-state index contributed by atoms with van der Waals surface area (Å²) in [6.45, 7) is 4.77. The highest BCUT2D eigenvalue weighted by Crippen LogP contribution is 2.38. The quantitative estimate of drug-likeness (QED) is 0.722. The van der Waals surface area contributed by atoms with E-state index >= 15 is 0 Å². The Labute approximate surface area is 104 Å². The molecule has 1 N–H and O–H groups in total. The van der Waals surface area contributed by atoms with Gasteiger partial charge in [-0.1, -0.05) is 6.42 Å². The number of methoxy groups -OCH3 is 1. The molecule has 0 radical (unpaired) electrons. The van der Waals surface area contributed by atoms with Gasteiger partial charge in [0.15, 0.2) is 0 Å². The number of esters is 1. The zero-order valence-corrected chi connectivity index (χ0v) is 11.4. The predicted molar refractivity (Wildman–Crippen MR) is 66.9 cm³/mol. The van der Waals surface area contributed by atoms with E-state index in [4.69, 9.17) is 9.47 Å². The Morgan fingerprint density at radius 1 is 1.53 bits per heavy atom. The molecule has 17 heavy (non-hydrogen) atoms. The van der Waals surface area contributed by atoms with E-state index in [9.17, 15) is 4.79 Å². The third-order valence-electron chi connectivity index (χ3n) is 3.73. The minimum absolute atomic E-state index is 0.132. The van der Waals surface area contributed by atoms with Crippen LogP contribution in [0.4, 0.5) is 0 Å². The number of hydrogen-bond donors (Lipinski definition) is 1. The van der Waals surface area contributed by atoms with Gasteiger partial charge in [-0.05, 0) is 46.1 Å². The van der Waals surface area contributed by atoms with Gasteiger partial charge in [-0.3, -0.25) is 4.79 Å². The summed E-state index contributed by atoms with van der Waals surface area (Å²) in [6.07, 6.45) is 4.16. The van der Waals surface area contributed by atoms with Crippen LogP contribution in [-0.4, -0.2) is 38.4 Å². The predicted octanol–water partition coefficient (Wildman–Crippen LogP) is 1.73. The molecule has 1 saturated carbocycles. The van der Waals surface area contributed by atoms with E-state index in [1.807, 2.05) is 20.9 Å². The second-order valence-corrected chi connectivity index (χ2v) is 5.01. The molecule has 2 unspecified atom stereocenters. The maximum atomic E-state index is 11.9. The molecule has 0 aliphatic heterocycles. The third kappa shape index (κ3) is 3.19. The van der Waals surface area contributed by atoms with Crippen LogP contribution >= 0.6 is 0 Å². The van der Waals surface area contributed by atoms with Crippen molar-refractivity contribution in [2.75, 3.05) is 20.8 Å². The molecule has 1 aliphatic rings. The van der Waals surface area contributed by atoms with Gasteiger partial charge in [0.2, 0.25) is 0 Å². The van der Waals surface area contributed by atoms with Crippen molar-refractivity contribution in [3.63, 3.8) is 0 Å². The molecule has 4 heteroatoms. The number of rotatable bonds is 6. The van der Waals surface area contributed by atoms with Crippen LogP contribution in [-0.2, 0) is 14.3 Å². The van der Waals surface area contributed by atoms with Crippen molar-refractivity contribution >= 4 is 5.97 Å². The topological polar surface area (TPSA) is 47.6 Å². The molecular weight excluding hydrogens is 218 g/mol. The van der Waals surface area contributed by atoms with Crippen molar-refractivity contribution in [2.24, 2.45) is 5.92 Å². The summed E-state index contributed by atoms with van der Waals surface area (Å²) in [6, 6.07) is 0. The zero-order valence-electron chi connectivity index (χ0n) is 11.4. The lowest BCUT2D eigenvalue weighted by molar-refractivity contribution is -0.150. The third-order valence-corrected chi connectivity index (χ3v) is 3.73. The van der Waals surface area contributed by atoms with E-state index in [1.165, 1.54) is 7.11 Å². The van der Waals surface area contributed by atoms with E-state index in [-0.39, 0.29) is 12.1 Å². The average Bonchev–Trinajstić information content (AvgIpc) is 2.72. The smallest absolute Gasteiger partial charge is 0.326 e. The van der Waals surface area contributed by atoms with Crippen LogP contribution in [0.25, 0.3) is 0 Å². The molecule has 1 rings (SSSR count). The molecular formula is C13H25NO3. The molecule has 0 aromatic heterocycles. The van der Waals surface area contributed by atoms with Crippen LogP contribution in [0.15, 0.2) is 0 Å². The highest BCUT2D eigenvalue weighted by atomic mass is 16.5. The van der Waals surface area contributed by atoms with E-state index < -0.39 is 5.54 Å². The number of likely N-dealkylation sites (N-methyl/N-ethyl adjacent to an activating group) is 1. The first-order valence-electron chi connectivity index (χ1n) is 6.45. The summed E-state index contributed by atoms with van der Waals surface area (Å²) >= 11 is 0. The maximum Gasteiger partial charge on any atom is 0.326 e. The lowest BCUT2D eigenvalue weighted by atomic mass is 9.85. The fraction of sp³-hybridized carbons (Fsp3) is 0.923. The van der Waals surface area contributed by atoms with Crippen LogP contribution in [0.1, 0.15) is 39.5 Å². The highest BCUT2D eigenvalue weighted by Gasteiger charge is 2.48. The Balaban J connectivity index is 2.59. The second-order valence-electron chi connectivity index (χ2n) is 5.01. The van der Waals surface area contributed by atoms with Gasteiger partial charge in [0.05, 0.1) is 13.2 Å². The van der Waals surface area contributed by atoms with Crippen molar-refractivity contribution in [3.05, 3.63) is 0 Å². The lowest BCUT2D eigenvalue weighted by Crippen LogP contribution is -2.54. The summed E-state index contributed by atoms with van der Waals surface area (Å²) in [7, 11) is 3.31. The van der Waals surface area contributed by atoms with Gasteiger partial charge in [-0.25, -0.2) is 0 Å². The standard InChI is InChI=1S/C13H25NO3/c1-10(2)17-9-7-11-6-5-8-13(11,14-3)12(15)16-4/h10-11,14H,5-9H2,1-4H3. The van der Waals surface area contributed by atoms with Gasteiger partial charge in [-0.15, -0.1) is 0 Å². The fourth-order valence-electron chi connectivity index (χ4n) is 2.80. The number of carbonyl (C=O) groups excluding carboxylic acids is 1. The van der Waals surface area contributed by atoms with Crippen LogP contribution in [0.5, 0.6) is 0 Å². The van der Waals surface area contributed by atoms with Gasteiger partial charge in [0.25, 0.3) is 0 Å². The van der Waals surface area contributed by atoms with Crippen molar-refractivity contribution in [1.29, 1.82) is 0 Å². The summed E-state index contributed by atoms with van der Waals surface area (Å²) in [5, 5.41) is 3.19. The summed E-state index contributed by atoms with van der Waals surface area (Å²) < 4.78 is 10.5. The van der Waals surface area contributed by atoms with Gasteiger partial charge < -0.3 is 14.8 Å². The first-order valence-corrected chi connectivity index (χ1v) is 6.45. The minimum Gasteiger partial charge on any atom is -0.468 e. The molecule has 0 saturated heterocycles. The van der Waals surface area contributed by atoms with Crippen molar-refractivity contribution in [3.8, 4) is 0 Å². The number of nitrogens with one attached hydrogen (secondary N) is 1. The Hall–Kier alpha value is -0.610. The number of carbonyl (C=O) groups is 1. The lowest BCUT2D eigenvalue weighted by Gasteiger charge is -2.32. The van der Waals surface area contributed by atoms with Crippen LogP contribution < -0.4 is 5.32 Å². The number of ether oxygens (including phenoxy) is 2. The van der Waals surface area contributed by atoms with Crippen LogP contribution in [0.2, 0.25) is 0 Å². The van der Waals surface area contributed by atoms with E-state index in [0.29, 0.717) is 12.5 Å². The van der Waals surface area contributed by atoms with Crippen molar-refractivity contribution in [2.45, 2.75) is 51.2 Å². The van der Waals surface area contributed by atoms with E-state index in [1.54, 1.807) is 0 Å². The first-order chi connectivity index (χ1) is 8.06. The second kappa shape index (κ2) is 6.36. The molecule has 4 nitrogen and oxygen atoms in total. The molecule has 0 bridgehead atoms. The Morgan fingerprint density at radius 3 is 2.76 bits per heavy atom. The minimum atomic E-state index is -0.491. The largest absolute Gasteiger partial charge is 0.468 e. The molecule has 2 atom stereocenters. The Bertz CT molecular complexity index is 255. The zero-order chi connectivity index (χ0) is 12.9. The highest BCUT2D eigenvalue weighted by molar-refractivity contribution is 5.81. The molecule has 0 amide bonds. The molecule has 100 valence electrons. The van der Waals surface area contributed by atoms with Gasteiger partial charge in [-0.2, -0.15) is 0 Å². The monoisotopic (exact) mass is 243 g/mol. The summed E-state index contributed by atoms with van der Waals surface area (Å²) in [4.78, 5) is 11.9. The van der Waals surface area contributed by atoms with Crippen molar-refractivity contribution in [1.82, 2.24) is 5.32 Å². The maximum absolute atomic E-state index is 11.9. The average molecular weight is 243 g/mol. The van der Waals surface area contributed by atoms with Gasteiger partial charge >= 0.3 is 5.97 Å². The van der Waals surface area contributed by atoms with E-state index in [2.05, 4.69) is 5.32 Å². The molecule has 0 heterocycles. The molecule has 0 aromatic carbocycles. The van der Waals surface area contributed by atoms with Gasteiger partial charge in [0.1, 0.15) is 5.54 Å². The molecule has 1 aliphatic carbocycles. The first kappa shape index (κ1) is 14.5. The van der Waals surface area contributed by atoms with Gasteiger partial charge in [0, 0.05) is 6.61 Å². The number of hydrogen-bond acceptors (Lipinski definition) is 4.